The maximum absolute atomic E-state index is 13.3. The fraction of sp³-hybridized carbons (Fsp3) is 0.636. The average molecular weight is 467 g/mol. The van der Waals surface area contributed by atoms with E-state index in [9.17, 15) is 22.4 Å². The first-order valence-corrected chi connectivity index (χ1v) is 13.1. The zero-order valence-electron chi connectivity index (χ0n) is 18.2. The van der Waals surface area contributed by atoms with Gasteiger partial charge in [0.1, 0.15) is 5.82 Å². The molecule has 4 rings (SSSR count). The number of rotatable bonds is 5. The van der Waals surface area contributed by atoms with E-state index in [1.165, 1.54) is 12.1 Å². The largest absolute Gasteiger partial charge is 0.340 e. The summed E-state index contributed by atoms with van der Waals surface area (Å²) >= 11 is 0. The van der Waals surface area contributed by atoms with Crippen LogP contribution in [-0.2, 0) is 19.4 Å². The standard InChI is InChI=1S/C22H31FN4O4S/c23-18-2-1-3-19(14-18)24-21(28)15-25-9-11-27(12-10-25)22(29)17-4-7-26(8-5-17)20-6-13-32(30,31)16-20/h1-3,14,17,20H,4-13,15-16H2,(H,24,28)/t20-/m0/s1. The molecule has 0 saturated carbocycles. The molecule has 0 radical (unpaired) electrons. The Morgan fingerprint density at radius 1 is 1.03 bits per heavy atom. The second kappa shape index (κ2) is 9.84. The highest BCUT2D eigenvalue weighted by Crippen LogP contribution is 2.26. The SMILES string of the molecule is O=C(CN1CCN(C(=O)C2CCN([C@H]3CCS(=O)(=O)C3)CC2)CC1)Nc1cccc(F)c1. The summed E-state index contributed by atoms with van der Waals surface area (Å²) in [5, 5.41) is 2.70. The lowest BCUT2D eigenvalue weighted by atomic mass is 9.94. The van der Waals surface area contributed by atoms with Crippen molar-refractivity contribution < 1.29 is 22.4 Å². The molecule has 3 aliphatic heterocycles. The molecule has 32 heavy (non-hydrogen) atoms. The average Bonchev–Trinajstić information content (AvgIpc) is 3.13. The van der Waals surface area contributed by atoms with Gasteiger partial charge in [0.2, 0.25) is 11.8 Å². The lowest BCUT2D eigenvalue weighted by Crippen LogP contribution is -2.53. The Bertz CT molecular complexity index is 941. The number of benzene rings is 1. The Morgan fingerprint density at radius 2 is 1.75 bits per heavy atom. The Kier molecular flexibility index (Phi) is 7.11. The van der Waals surface area contributed by atoms with Gasteiger partial charge in [0.25, 0.3) is 0 Å². The number of nitrogens with one attached hydrogen (secondary N) is 1. The molecule has 3 saturated heterocycles. The highest BCUT2D eigenvalue weighted by Gasteiger charge is 2.36. The number of nitrogens with zero attached hydrogens (tertiary/aromatic N) is 3. The first-order chi connectivity index (χ1) is 15.3. The van der Waals surface area contributed by atoms with Crippen molar-refractivity contribution in [1.82, 2.24) is 14.7 Å². The summed E-state index contributed by atoms with van der Waals surface area (Å²) in [6, 6.07) is 5.92. The van der Waals surface area contributed by atoms with E-state index in [-0.39, 0.29) is 41.8 Å². The van der Waals surface area contributed by atoms with Gasteiger partial charge in [-0.3, -0.25) is 19.4 Å². The van der Waals surface area contributed by atoms with Crippen LogP contribution in [0.5, 0.6) is 0 Å². The van der Waals surface area contributed by atoms with Crippen LogP contribution in [0.2, 0.25) is 0 Å². The van der Waals surface area contributed by atoms with Crippen LogP contribution in [0.25, 0.3) is 0 Å². The van der Waals surface area contributed by atoms with Crippen molar-refractivity contribution in [2.45, 2.75) is 25.3 Å². The molecule has 0 spiro atoms. The van der Waals surface area contributed by atoms with Crippen LogP contribution >= 0.6 is 0 Å². The lowest BCUT2D eigenvalue weighted by molar-refractivity contribution is -0.139. The molecule has 3 fully saturated rings. The van der Waals surface area contributed by atoms with Crippen LogP contribution in [0.1, 0.15) is 19.3 Å². The molecule has 3 aliphatic rings. The van der Waals surface area contributed by atoms with Gasteiger partial charge >= 0.3 is 0 Å². The molecule has 2 amide bonds. The number of sulfone groups is 1. The van der Waals surface area contributed by atoms with Crippen molar-refractivity contribution >= 4 is 27.3 Å². The lowest BCUT2D eigenvalue weighted by Gasteiger charge is -2.39. The minimum Gasteiger partial charge on any atom is -0.340 e. The summed E-state index contributed by atoms with van der Waals surface area (Å²) in [5.74, 6) is 0.104. The summed E-state index contributed by atoms with van der Waals surface area (Å²) in [4.78, 5) is 31.3. The third-order valence-electron chi connectivity index (χ3n) is 6.76. The normalized spacial score (nSPS) is 25.0. The van der Waals surface area contributed by atoms with Crippen molar-refractivity contribution in [2.24, 2.45) is 5.92 Å². The van der Waals surface area contributed by atoms with Gasteiger partial charge in [-0.05, 0) is 50.6 Å². The van der Waals surface area contributed by atoms with E-state index >= 15 is 0 Å². The quantitative estimate of drug-likeness (QED) is 0.691. The molecule has 3 heterocycles. The summed E-state index contributed by atoms with van der Waals surface area (Å²) in [7, 11) is -2.89. The molecule has 10 heteroatoms. The van der Waals surface area contributed by atoms with Crippen molar-refractivity contribution in [2.75, 3.05) is 62.6 Å². The Morgan fingerprint density at radius 3 is 2.38 bits per heavy atom. The summed E-state index contributed by atoms with van der Waals surface area (Å²) in [5.41, 5.74) is 0.436. The molecule has 0 aliphatic carbocycles. The Hall–Kier alpha value is -2.04. The molecule has 0 unspecified atom stereocenters. The first kappa shape index (κ1) is 23.1. The zero-order valence-corrected chi connectivity index (χ0v) is 19.0. The first-order valence-electron chi connectivity index (χ1n) is 11.3. The fourth-order valence-electron chi connectivity index (χ4n) is 4.93. The van der Waals surface area contributed by atoms with E-state index in [2.05, 4.69) is 10.2 Å². The number of hydrogen-bond donors (Lipinski definition) is 1. The van der Waals surface area contributed by atoms with E-state index in [4.69, 9.17) is 0 Å². The molecular formula is C22H31FN4O4S. The maximum atomic E-state index is 13.3. The van der Waals surface area contributed by atoms with Gasteiger partial charge in [-0.2, -0.15) is 0 Å². The van der Waals surface area contributed by atoms with Gasteiger partial charge in [0.15, 0.2) is 9.84 Å². The molecule has 8 nitrogen and oxygen atoms in total. The molecule has 176 valence electrons. The van der Waals surface area contributed by atoms with E-state index < -0.39 is 15.7 Å². The minimum atomic E-state index is -2.89. The van der Waals surface area contributed by atoms with Crippen LogP contribution in [0.15, 0.2) is 24.3 Å². The summed E-state index contributed by atoms with van der Waals surface area (Å²) in [6.45, 7) is 4.19. The predicted molar refractivity (Wildman–Crippen MR) is 119 cm³/mol. The van der Waals surface area contributed by atoms with E-state index in [0.717, 1.165) is 25.9 Å². The topological polar surface area (TPSA) is 90.0 Å². The number of carbonyl (C=O) groups is 2. The third-order valence-corrected chi connectivity index (χ3v) is 8.51. The summed E-state index contributed by atoms with van der Waals surface area (Å²) in [6.07, 6.45) is 2.24. The minimum absolute atomic E-state index is 0.00733. The number of halogens is 1. The second-order valence-electron chi connectivity index (χ2n) is 9.03. The maximum Gasteiger partial charge on any atom is 0.238 e. The number of carbonyl (C=O) groups excluding carboxylic acids is 2. The molecular weight excluding hydrogens is 435 g/mol. The van der Waals surface area contributed by atoms with Gasteiger partial charge in [-0.25, -0.2) is 12.8 Å². The highest BCUT2D eigenvalue weighted by atomic mass is 32.2. The molecule has 1 aromatic rings. The Balaban J connectivity index is 1.18. The van der Waals surface area contributed by atoms with Crippen LogP contribution < -0.4 is 5.32 Å². The number of anilines is 1. The van der Waals surface area contributed by atoms with E-state index in [1.54, 1.807) is 12.1 Å². The fourth-order valence-corrected chi connectivity index (χ4v) is 6.69. The highest BCUT2D eigenvalue weighted by molar-refractivity contribution is 7.91. The van der Waals surface area contributed by atoms with Gasteiger partial charge < -0.3 is 10.2 Å². The number of amides is 2. The monoisotopic (exact) mass is 466 g/mol. The van der Waals surface area contributed by atoms with Crippen LogP contribution in [-0.4, -0.2) is 98.3 Å². The Labute approximate surface area is 188 Å². The molecule has 1 aromatic carbocycles. The molecule has 1 N–H and O–H groups in total. The van der Waals surface area contributed by atoms with E-state index in [0.29, 0.717) is 38.3 Å². The number of hydrogen-bond acceptors (Lipinski definition) is 6. The number of piperazine rings is 1. The van der Waals surface area contributed by atoms with Crippen LogP contribution in [0.3, 0.4) is 0 Å². The predicted octanol–water partition coefficient (Wildman–Crippen LogP) is 0.808. The van der Waals surface area contributed by atoms with Crippen molar-refractivity contribution in [3.05, 3.63) is 30.1 Å². The smallest absolute Gasteiger partial charge is 0.238 e. The molecule has 0 bridgehead atoms. The van der Waals surface area contributed by atoms with Gasteiger partial charge in [0, 0.05) is 43.8 Å². The van der Waals surface area contributed by atoms with Gasteiger partial charge in [-0.1, -0.05) is 6.07 Å². The third kappa shape index (κ3) is 5.85. The summed E-state index contributed by atoms with van der Waals surface area (Å²) < 4.78 is 36.7. The molecule has 1 atom stereocenters. The van der Waals surface area contributed by atoms with Crippen molar-refractivity contribution in [1.29, 1.82) is 0 Å². The van der Waals surface area contributed by atoms with Crippen LogP contribution in [0, 0.1) is 11.7 Å². The number of piperidine rings is 1. The second-order valence-corrected chi connectivity index (χ2v) is 11.3. The zero-order chi connectivity index (χ0) is 22.7. The number of likely N-dealkylation sites (tertiary alicyclic amines) is 1. The van der Waals surface area contributed by atoms with E-state index in [1.807, 2.05) is 9.80 Å². The van der Waals surface area contributed by atoms with Gasteiger partial charge in [0.05, 0.1) is 18.1 Å². The van der Waals surface area contributed by atoms with Crippen molar-refractivity contribution in [3.63, 3.8) is 0 Å². The van der Waals surface area contributed by atoms with Gasteiger partial charge in [-0.15, -0.1) is 0 Å². The van der Waals surface area contributed by atoms with Crippen molar-refractivity contribution in [3.8, 4) is 0 Å². The van der Waals surface area contributed by atoms with Crippen LogP contribution in [0.4, 0.5) is 10.1 Å². The molecule has 0 aromatic heterocycles.